The van der Waals surface area contributed by atoms with Crippen LogP contribution in [0.4, 0.5) is 4.39 Å². The number of aromatic nitrogens is 3. The predicted molar refractivity (Wildman–Crippen MR) is 107 cm³/mol. The Kier molecular flexibility index (Phi) is 6.01. The third-order valence-electron chi connectivity index (χ3n) is 4.51. The lowest BCUT2D eigenvalue weighted by molar-refractivity contribution is 0.0943. The molecule has 7 nitrogen and oxygen atoms in total. The Morgan fingerprint density at radius 3 is 2.41 bits per heavy atom. The molecule has 0 aliphatic heterocycles. The van der Waals surface area contributed by atoms with Gasteiger partial charge in [-0.05, 0) is 31.0 Å². The zero-order valence-electron chi connectivity index (χ0n) is 16.1. The highest BCUT2D eigenvalue weighted by atomic mass is 19.1. The molecule has 0 saturated carbocycles. The number of hydrogen-bond donors (Lipinski definition) is 1. The Balaban J connectivity index is 2.28. The summed E-state index contributed by atoms with van der Waals surface area (Å²) in [6.07, 6.45) is 0.660. The highest BCUT2D eigenvalue weighted by Crippen LogP contribution is 2.15. The summed E-state index contributed by atoms with van der Waals surface area (Å²) >= 11 is 0. The summed E-state index contributed by atoms with van der Waals surface area (Å²) in [4.78, 5) is 38.6. The number of nitrogens with zero attached hydrogens (tertiary/aromatic N) is 3. The minimum atomic E-state index is -0.830. The van der Waals surface area contributed by atoms with Gasteiger partial charge in [-0.2, -0.15) is 9.78 Å². The van der Waals surface area contributed by atoms with Gasteiger partial charge in [0, 0.05) is 6.54 Å². The highest BCUT2D eigenvalue weighted by molar-refractivity contribution is 5.91. The summed E-state index contributed by atoms with van der Waals surface area (Å²) in [5, 5.41) is 6.50. The highest BCUT2D eigenvalue weighted by Gasteiger charge is 2.24. The molecule has 1 atom stereocenters. The zero-order chi connectivity index (χ0) is 21.0. The largest absolute Gasteiger partial charge is 0.352 e. The van der Waals surface area contributed by atoms with Gasteiger partial charge in [-0.1, -0.05) is 49.4 Å². The van der Waals surface area contributed by atoms with E-state index in [1.54, 1.807) is 37.3 Å². The van der Waals surface area contributed by atoms with E-state index in [0.29, 0.717) is 18.5 Å². The van der Waals surface area contributed by atoms with Gasteiger partial charge in [0.15, 0.2) is 0 Å². The van der Waals surface area contributed by atoms with Gasteiger partial charge in [-0.25, -0.2) is 13.8 Å². The van der Waals surface area contributed by atoms with Crippen molar-refractivity contribution in [2.24, 2.45) is 0 Å². The molecular formula is C21H21FN4O3. The van der Waals surface area contributed by atoms with Crippen LogP contribution in [0.15, 0.2) is 64.2 Å². The molecule has 150 valence electrons. The number of halogens is 1. The first-order chi connectivity index (χ1) is 14.0. The fourth-order valence-corrected chi connectivity index (χ4v) is 2.96. The van der Waals surface area contributed by atoms with Gasteiger partial charge in [0.05, 0.1) is 6.04 Å². The van der Waals surface area contributed by atoms with Gasteiger partial charge in [0.1, 0.15) is 11.5 Å². The van der Waals surface area contributed by atoms with E-state index in [-0.39, 0.29) is 5.69 Å². The fourth-order valence-electron chi connectivity index (χ4n) is 2.96. The van der Waals surface area contributed by atoms with E-state index in [2.05, 4.69) is 10.4 Å². The molecular weight excluding hydrogens is 375 g/mol. The maximum atomic E-state index is 14.4. The summed E-state index contributed by atoms with van der Waals surface area (Å²) in [6.45, 7) is 3.87. The number of hydrogen-bond acceptors (Lipinski definition) is 4. The van der Waals surface area contributed by atoms with Crippen molar-refractivity contribution in [2.45, 2.75) is 26.3 Å². The molecule has 3 rings (SSSR count). The molecule has 1 N–H and O–H groups in total. The molecule has 1 heterocycles. The topological polar surface area (TPSA) is 86.0 Å². The quantitative estimate of drug-likeness (QED) is 0.693. The normalized spacial score (nSPS) is 11.8. The van der Waals surface area contributed by atoms with Crippen LogP contribution in [0.1, 0.15) is 42.4 Å². The summed E-state index contributed by atoms with van der Waals surface area (Å²) < 4.78 is 16.0. The van der Waals surface area contributed by atoms with E-state index in [0.717, 1.165) is 9.25 Å². The van der Waals surface area contributed by atoms with Crippen molar-refractivity contribution in [3.8, 4) is 5.69 Å². The molecule has 0 fully saturated rings. The monoisotopic (exact) mass is 396 g/mol. The number of amides is 1. The van der Waals surface area contributed by atoms with Crippen LogP contribution >= 0.6 is 0 Å². The lowest BCUT2D eigenvalue weighted by atomic mass is 10.1. The SMILES string of the molecule is CCCNC(=O)c1nn(-c2ccccc2F)c(=O)n([C@@H](C)c2ccccc2)c1=O. The van der Waals surface area contributed by atoms with Crippen molar-refractivity contribution >= 4 is 5.91 Å². The second-order valence-corrected chi connectivity index (χ2v) is 6.51. The first kappa shape index (κ1) is 20.2. The average Bonchev–Trinajstić information content (AvgIpc) is 2.73. The van der Waals surface area contributed by atoms with Crippen LogP contribution in [0.3, 0.4) is 0 Å². The van der Waals surface area contributed by atoms with E-state index in [9.17, 15) is 18.8 Å². The Morgan fingerprint density at radius 2 is 1.76 bits per heavy atom. The Morgan fingerprint density at radius 1 is 1.10 bits per heavy atom. The first-order valence-corrected chi connectivity index (χ1v) is 9.29. The molecule has 0 aliphatic rings. The van der Waals surface area contributed by atoms with Crippen LogP contribution in [-0.4, -0.2) is 26.8 Å². The van der Waals surface area contributed by atoms with Crippen molar-refractivity contribution in [1.82, 2.24) is 19.7 Å². The second kappa shape index (κ2) is 8.64. The second-order valence-electron chi connectivity index (χ2n) is 6.51. The van der Waals surface area contributed by atoms with Crippen LogP contribution in [0, 0.1) is 5.82 Å². The Labute approximate surface area is 166 Å². The predicted octanol–water partition coefficient (Wildman–Crippen LogP) is 2.28. The van der Waals surface area contributed by atoms with Crippen molar-refractivity contribution in [3.63, 3.8) is 0 Å². The fraction of sp³-hybridized carbons (Fsp3) is 0.238. The average molecular weight is 396 g/mol. The minimum Gasteiger partial charge on any atom is -0.350 e. The number of para-hydroxylation sites is 1. The molecule has 1 aromatic heterocycles. The maximum Gasteiger partial charge on any atom is 0.352 e. The van der Waals surface area contributed by atoms with E-state index in [1.807, 2.05) is 13.0 Å². The number of rotatable bonds is 6. The molecule has 0 saturated heterocycles. The molecule has 8 heteroatoms. The smallest absolute Gasteiger partial charge is 0.350 e. The molecule has 0 spiro atoms. The van der Waals surface area contributed by atoms with Crippen LogP contribution in [0.5, 0.6) is 0 Å². The number of carbonyl (C=O) groups excluding carboxylic acids is 1. The molecule has 29 heavy (non-hydrogen) atoms. The van der Waals surface area contributed by atoms with Crippen molar-refractivity contribution in [3.05, 3.63) is 92.5 Å². The molecule has 3 aromatic rings. The lowest BCUT2D eigenvalue weighted by Crippen LogP contribution is -2.47. The van der Waals surface area contributed by atoms with Crippen molar-refractivity contribution < 1.29 is 9.18 Å². The summed E-state index contributed by atoms with van der Waals surface area (Å²) in [5.41, 5.74) is -1.57. The third-order valence-corrected chi connectivity index (χ3v) is 4.51. The van der Waals surface area contributed by atoms with Crippen molar-refractivity contribution in [1.29, 1.82) is 0 Å². The van der Waals surface area contributed by atoms with E-state index in [1.165, 1.54) is 18.2 Å². The van der Waals surface area contributed by atoms with Crippen LogP contribution < -0.4 is 16.6 Å². The van der Waals surface area contributed by atoms with Gasteiger partial charge in [0.25, 0.3) is 11.5 Å². The molecule has 0 unspecified atom stereocenters. The minimum absolute atomic E-state index is 0.143. The van der Waals surface area contributed by atoms with Gasteiger partial charge in [-0.15, -0.1) is 0 Å². The van der Waals surface area contributed by atoms with E-state index < -0.39 is 34.7 Å². The van der Waals surface area contributed by atoms with Gasteiger partial charge >= 0.3 is 5.69 Å². The Bertz CT molecular complexity index is 1140. The summed E-state index contributed by atoms with van der Waals surface area (Å²) in [5.74, 6) is -1.41. The molecule has 2 aromatic carbocycles. The molecule has 0 radical (unpaired) electrons. The van der Waals surface area contributed by atoms with Gasteiger partial charge in [0.2, 0.25) is 5.69 Å². The summed E-state index contributed by atoms with van der Waals surface area (Å²) in [6, 6.07) is 13.8. The summed E-state index contributed by atoms with van der Waals surface area (Å²) in [7, 11) is 0. The van der Waals surface area contributed by atoms with Crippen LogP contribution in [0.2, 0.25) is 0 Å². The third kappa shape index (κ3) is 4.01. The molecule has 1 amide bonds. The molecule has 0 aliphatic carbocycles. The van der Waals surface area contributed by atoms with Crippen LogP contribution in [-0.2, 0) is 0 Å². The lowest BCUT2D eigenvalue weighted by Gasteiger charge is -2.18. The maximum absolute atomic E-state index is 14.4. The van der Waals surface area contributed by atoms with E-state index >= 15 is 0 Å². The molecule has 0 bridgehead atoms. The standard InChI is InChI=1S/C21H21FN4O3/c1-3-13-23-19(27)18-20(28)25(14(2)15-9-5-4-6-10-15)21(29)26(24-18)17-12-8-7-11-16(17)22/h4-12,14H,3,13H2,1-2H3,(H,23,27)/t14-/m0/s1. The zero-order valence-corrected chi connectivity index (χ0v) is 16.1. The first-order valence-electron chi connectivity index (χ1n) is 9.29. The van der Waals surface area contributed by atoms with Gasteiger partial charge < -0.3 is 5.32 Å². The van der Waals surface area contributed by atoms with Gasteiger partial charge in [-0.3, -0.25) is 9.59 Å². The van der Waals surface area contributed by atoms with Crippen LogP contribution in [0.25, 0.3) is 5.69 Å². The number of carbonyl (C=O) groups is 1. The number of nitrogens with one attached hydrogen (secondary N) is 1. The number of benzene rings is 2. The van der Waals surface area contributed by atoms with Crippen molar-refractivity contribution in [2.75, 3.05) is 6.54 Å². The van der Waals surface area contributed by atoms with E-state index in [4.69, 9.17) is 0 Å². The Hall–Kier alpha value is -3.55.